The lowest BCUT2D eigenvalue weighted by Crippen LogP contribution is -2.02. The number of benzene rings is 3. The number of rotatable bonds is 4. The fraction of sp³-hybridized carbons (Fsp3) is 0. The van der Waals surface area contributed by atoms with Gasteiger partial charge in [-0.3, -0.25) is 0 Å². The highest BCUT2D eigenvalue weighted by atomic mass is 35.5. The van der Waals surface area contributed by atoms with E-state index in [1.165, 1.54) is 0 Å². The van der Waals surface area contributed by atoms with Crippen molar-refractivity contribution in [1.29, 1.82) is 0 Å². The van der Waals surface area contributed by atoms with E-state index in [4.69, 9.17) is 11.6 Å². The van der Waals surface area contributed by atoms with E-state index in [0.29, 0.717) is 5.02 Å². The van der Waals surface area contributed by atoms with Gasteiger partial charge in [0.1, 0.15) is 5.71 Å². The molecule has 0 heterocycles. The minimum absolute atomic E-state index is 0.660. The van der Waals surface area contributed by atoms with Gasteiger partial charge in [0.05, 0.1) is 6.21 Å². The highest BCUT2D eigenvalue weighted by molar-refractivity contribution is 6.33. The molecule has 0 unspecified atom stereocenters. The average Bonchev–Trinajstić information content (AvgIpc) is 2.62. The van der Waals surface area contributed by atoms with Crippen LogP contribution in [0.25, 0.3) is 0 Å². The topological polar surface area (TPSA) is 24.7 Å². The molecule has 0 saturated carbocycles. The lowest BCUT2D eigenvalue weighted by atomic mass is 10.0. The average molecular weight is 319 g/mol. The van der Waals surface area contributed by atoms with E-state index in [0.717, 1.165) is 22.4 Å². The minimum Gasteiger partial charge on any atom is -0.158 e. The molecule has 23 heavy (non-hydrogen) atoms. The van der Waals surface area contributed by atoms with Crippen LogP contribution in [0.1, 0.15) is 16.7 Å². The van der Waals surface area contributed by atoms with Crippen LogP contribution in [0, 0.1) is 0 Å². The van der Waals surface area contributed by atoms with Crippen molar-refractivity contribution in [2.75, 3.05) is 0 Å². The smallest absolute Gasteiger partial charge is 0.100 e. The van der Waals surface area contributed by atoms with Gasteiger partial charge in [0.2, 0.25) is 0 Å². The van der Waals surface area contributed by atoms with E-state index in [2.05, 4.69) is 10.2 Å². The second-order valence-corrected chi connectivity index (χ2v) is 5.35. The van der Waals surface area contributed by atoms with E-state index >= 15 is 0 Å². The molecule has 0 aliphatic heterocycles. The zero-order valence-electron chi connectivity index (χ0n) is 12.4. The molecule has 0 saturated heterocycles. The molecule has 2 nitrogen and oxygen atoms in total. The largest absolute Gasteiger partial charge is 0.158 e. The summed E-state index contributed by atoms with van der Waals surface area (Å²) in [5.41, 5.74) is 3.72. The quantitative estimate of drug-likeness (QED) is 0.466. The monoisotopic (exact) mass is 318 g/mol. The van der Waals surface area contributed by atoms with Gasteiger partial charge in [-0.2, -0.15) is 5.10 Å². The van der Waals surface area contributed by atoms with Gasteiger partial charge in [-0.15, -0.1) is 5.10 Å². The van der Waals surface area contributed by atoms with Gasteiger partial charge in [-0.05, 0) is 6.07 Å². The van der Waals surface area contributed by atoms with E-state index in [9.17, 15) is 0 Å². The van der Waals surface area contributed by atoms with Crippen molar-refractivity contribution in [1.82, 2.24) is 0 Å². The first-order valence-corrected chi connectivity index (χ1v) is 7.69. The van der Waals surface area contributed by atoms with Crippen LogP contribution in [0.5, 0.6) is 0 Å². The third-order valence-electron chi connectivity index (χ3n) is 3.35. The Morgan fingerprint density at radius 3 is 1.78 bits per heavy atom. The zero-order valence-corrected chi connectivity index (χ0v) is 13.2. The van der Waals surface area contributed by atoms with Crippen LogP contribution in [-0.4, -0.2) is 11.9 Å². The van der Waals surface area contributed by atoms with Crippen molar-refractivity contribution < 1.29 is 0 Å². The van der Waals surface area contributed by atoms with Crippen LogP contribution in [-0.2, 0) is 0 Å². The predicted molar refractivity (Wildman–Crippen MR) is 97.6 cm³/mol. The first-order chi connectivity index (χ1) is 11.3. The summed E-state index contributed by atoms with van der Waals surface area (Å²) in [6.07, 6.45) is 1.67. The number of hydrogen-bond donors (Lipinski definition) is 0. The van der Waals surface area contributed by atoms with Crippen molar-refractivity contribution in [3.63, 3.8) is 0 Å². The second-order valence-electron chi connectivity index (χ2n) is 4.95. The Kier molecular flexibility index (Phi) is 4.97. The number of halogens is 1. The molecule has 0 aliphatic carbocycles. The summed E-state index contributed by atoms with van der Waals surface area (Å²) in [6, 6.07) is 27.6. The molecule has 0 bridgehead atoms. The van der Waals surface area contributed by atoms with Crippen molar-refractivity contribution in [2.24, 2.45) is 10.2 Å². The third-order valence-corrected chi connectivity index (χ3v) is 3.70. The third kappa shape index (κ3) is 3.93. The summed E-state index contributed by atoms with van der Waals surface area (Å²) in [4.78, 5) is 0. The van der Waals surface area contributed by atoms with Crippen LogP contribution < -0.4 is 0 Å². The van der Waals surface area contributed by atoms with E-state index in [-0.39, 0.29) is 0 Å². The molecule has 0 fully saturated rings. The molecular weight excluding hydrogens is 304 g/mol. The van der Waals surface area contributed by atoms with Gasteiger partial charge in [0.15, 0.2) is 0 Å². The van der Waals surface area contributed by atoms with Crippen LogP contribution in [0.3, 0.4) is 0 Å². The van der Waals surface area contributed by atoms with Gasteiger partial charge in [0, 0.05) is 21.7 Å². The van der Waals surface area contributed by atoms with E-state index in [1.807, 2.05) is 84.9 Å². The maximum absolute atomic E-state index is 6.13. The highest BCUT2D eigenvalue weighted by Gasteiger charge is 2.05. The Balaban J connectivity index is 1.97. The fourth-order valence-corrected chi connectivity index (χ4v) is 2.39. The van der Waals surface area contributed by atoms with Crippen LogP contribution in [0.4, 0.5) is 0 Å². The lowest BCUT2D eigenvalue weighted by molar-refractivity contribution is 1.24. The van der Waals surface area contributed by atoms with Crippen molar-refractivity contribution in [3.8, 4) is 0 Å². The molecule has 3 heteroatoms. The van der Waals surface area contributed by atoms with Gasteiger partial charge in [-0.1, -0.05) is 90.5 Å². The molecule has 0 N–H and O–H groups in total. The highest BCUT2D eigenvalue weighted by Crippen LogP contribution is 2.14. The molecule has 0 amide bonds. The normalized spacial score (nSPS) is 10.7. The molecule has 0 aromatic heterocycles. The van der Waals surface area contributed by atoms with Gasteiger partial charge < -0.3 is 0 Å². The standard InChI is InChI=1S/C20H15ClN2/c21-19-14-8-7-13-18(19)15-22-23-20(16-9-3-1-4-10-16)17-11-5-2-6-12-17/h1-15H. The van der Waals surface area contributed by atoms with Gasteiger partial charge in [-0.25, -0.2) is 0 Å². The Morgan fingerprint density at radius 1 is 0.696 bits per heavy atom. The summed E-state index contributed by atoms with van der Waals surface area (Å²) in [5, 5.41) is 9.32. The molecule has 3 aromatic carbocycles. The Morgan fingerprint density at radius 2 is 1.22 bits per heavy atom. The molecule has 0 aliphatic rings. The van der Waals surface area contributed by atoms with Crippen LogP contribution >= 0.6 is 11.6 Å². The Labute approximate surface area is 140 Å². The van der Waals surface area contributed by atoms with E-state index < -0.39 is 0 Å². The minimum atomic E-state index is 0.660. The SMILES string of the molecule is Clc1ccccc1C=NN=C(c1ccccc1)c1ccccc1. The van der Waals surface area contributed by atoms with Gasteiger partial charge in [0.25, 0.3) is 0 Å². The van der Waals surface area contributed by atoms with Crippen LogP contribution in [0.15, 0.2) is 95.1 Å². The molecule has 0 spiro atoms. The molecule has 0 atom stereocenters. The molecule has 3 rings (SSSR count). The molecule has 0 radical (unpaired) electrons. The summed E-state index contributed by atoms with van der Waals surface area (Å²) in [7, 11) is 0. The summed E-state index contributed by atoms with van der Waals surface area (Å²) in [6.45, 7) is 0. The Bertz CT molecular complexity index is 783. The molecular formula is C20H15ClN2. The summed E-state index contributed by atoms with van der Waals surface area (Å²) in [5.74, 6) is 0. The molecule has 112 valence electrons. The first-order valence-electron chi connectivity index (χ1n) is 7.31. The van der Waals surface area contributed by atoms with Crippen LogP contribution in [0.2, 0.25) is 5.02 Å². The zero-order chi connectivity index (χ0) is 15.9. The Hall–Kier alpha value is -2.71. The van der Waals surface area contributed by atoms with Crippen molar-refractivity contribution in [2.45, 2.75) is 0 Å². The lowest BCUT2D eigenvalue weighted by Gasteiger charge is -2.05. The van der Waals surface area contributed by atoms with E-state index in [1.54, 1.807) is 6.21 Å². The fourth-order valence-electron chi connectivity index (χ4n) is 2.20. The first kappa shape index (κ1) is 15.2. The molecule has 3 aromatic rings. The predicted octanol–water partition coefficient (Wildman–Crippen LogP) is 5.21. The summed E-state index contributed by atoms with van der Waals surface area (Å²) >= 11 is 6.13. The maximum atomic E-state index is 6.13. The number of hydrogen-bond acceptors (Lipinski definition) is 2. The van der Waals surface area contributed by atoms with Crippen molar-refractivity contribution >= 4 is 23.5 Å². The summed E-state index contributed by atoms with van der Waals surface area (Å²) < 4.78 is 0. The maximum Gasteiger partial charge on any atom is 0.100 e. The number of nitrogens with zero attached hydrogens (tertiary/aromatic N) is 2. The van der Waals surface area contributed by atoms with Crippen molar-refractivity contribution in [3.05, 3.63) is 107 Å². The van der Waals surface area contributed by atoms with Gasteiger partial charge >= 0.3 is 0 Å². The second kappa shape index (κ2) is 7.52.